The zero-order chi connectivity index (χ0) is 36.6. The minimum absolute atomic E-state index is 1.10. The van der Waals surface area contributed by atoms with E-state index in [1.807, 2.05) is 0 Å². The lowest BCUT2D eigenvalue weighted by molar-refractivity contribution is 1.28. The molecule has 0 heterocycles. The van der Waals surface area contributed by atoms with Gasteiger partial charge in [0.1, 0.15) is 0 Å². The van der Waals surface area contributed by atoms with Crippen molar-refractivity contribution >= 4 is 49.4 Å². The van der Waals surface area contributed by atoms with Gasteiger partial charge in [0.15, 0.2) is 0 Å². The topological polar surface area (TPSA) is 3.24 Å². The van der Waals surface area contributed by atoms with Gasteiger partial charge in [0.2, 0.25) is 0 Å². The summed E-state index contributed by atoms with van der Waals surface area (Å²) in [5.74, 6) is 0. The van der Waals surface area contributed by atoms with Crippen LogP contribution in [0.1, 0.15) is 0 Å². The Labute approximate surface area is 322 Å². The van der Waals surface area contributed by atoms with Crippen LogP contribution in [0.4, 0.5) is 17.1 Å². The van der Waals surface area contributed by atoms with Crippen LogP contribution < -0.4 is 4.90 Å². The van der Waals surface area contributed by atoms with Crippen LogP contribution in [0.3, 0.4) is 0 Å². The molecule has 0 fully saturated rings. The van der Waals surface area contributed by atoms with Gasteiger partial charge in [-0.3, -0.25) is 0 Å². The van der Waals surface area contributed by atoms with Crippen LogP contribution >= 0.6 is 0 Å². The predicted molar refractivity (Wildman–Crippen MR) is 235 cm³/mol. The van der Waals surface area contributed by atoms with Crippen molar-refractivity contribution in [2.75, 3.05) is 4.90 Å². The zero-order valence-corrected chi connectivity index (χ0v) is 30.3. The van der Waals surface area contributed by atoms with Crippen molar-refractivity contribution in [2.45, 2.75) is 0 Å². The summed E-state index contributed by atoms with van der Waals surface area (Å²) in [6.07, 6.45) is 0. The molecule has 0 aliphatic rings. The number of benzene rings is 10. The van der Waals surface area contributed by atoms with Crippen molar-refractivity contribution in [1.82, 2.24) is 0 Å². The van der Waals surface area contributed by atoms with Crippen molar-refractivity contribution in [3.63, 3.8) is 0 Å². The van der Waals surface area contributed by atoms with Gasteiger partial charge in [0.05, 0.1) is 0 Å². The molecular formula is C54H37N. The van der Waals surface area contributed by atoms with Crippen LogP contribution in [0, 0.1) is 0 Å². The summed E-state index contributed by atoms with van der Waals surface area (Å²) in [7, 11) is 0. The molecule has 0 atom stereocenters. The van der Waals surface area contributed by atoms with E-state index < -0.39 is 0 Å². The first-order valence-electron chi connectivity index (χ1n) is 18.9. The summed E-state index contributed by atoms with van der Waals surface area (Å²) < 4.78 is 0. The Bertz CT molecular complexity index is 2800. The summed E-state index contributed by atoms with van der Waals surface area (Å²) in [5.41, 5.74) is 13.1. The minimum atomic E-state index is 1.10. The average Bonchev–Trinajstić information content (AvgIpc) is 3.27. The molecule has 0 saturated heterocycles. The summed E-state index contributed by atoms with van der Waals surface area (Å²) in [6, 6.07) is 81.4. The number of hydrogen-bond acceptors (Lipinski definition) is 1. The second kappa shape index (κ2) is 14.0. The van der Waals surface area contributed by atoms with Crippen molar-refractivity contribution in [2.24, 2.45) is 0 Å². The fraction of sp³-hybridized carbons (Fsp3) is 0. The number of fused-ring (bicyclic) bond motifs is 3. The first-order valence-corrected chi connectivity index (χ1v) is 18.9. The van der Waals surface area contributed by atoms with Crippen LogP contribution in [0.5, 0.6) is 0 Å². The van der Waals surface area contributed by atoms with Crippen LogP contribution in [0.2, 0.25) is 0 Å². The van der Waals surface area contributed by atoms with E-state index in [4.69, 9.17) is 0 Å². The lowest BCUT2D eigenvalue weighted by Gasteiger charge is -2.26. The molecule has 0 amide bonds. The highest BCUT2D eigenvalue weighted by molar-refractivity contribution is 6.06. The quantitative estimate of drug-likeness (QED) is 0.160. The molecule has 10 rings (SSSR count). The minimum Gasteiger partial charge on any atom is -0.311 e. The number of anilines is 3. The average molecular weight is 700 g/mol. The normalized spacial score (nSPS) is 11.3. The van der Waals surface area contributed by atoms with Crippen LogP contribution in [0.15, 0.2) is 224 Å². The highest BCUT2D eigenvalue weighted by Crippen LogP contribution is 2.41. The molecule has 0 aliphatic heterocycles. The number of nitrogens with zero attached hydrogens (tertiary/aromatic N) is 1. The molecule has 0 N–H and O–H groups in total. The predicted octanol–water partition coefficient (Wildman–Crippen LogP) is 15.3. The van der Waals surface area contributed by atoms with Crippen LogP contribution in [0.25, 0.3) is 76.8 Å². The Morgan fingerprint density at radius 1 is 0.218 bits per heavy atom. The Kier molecular flexibility index (Phi) is 8.24. The molecule has 0 aromatic heterocycles. The Morgan fingerprint density at radius 2 is 0.545 bits per heavy atom. The van der Waals surface area contributed by atoms with Gasteiger partial charge in [-0.2, -0.15) is 0 Å². The molecule has 258 valence electrons. The van der Waals surface area contributed by atoms with Gasteiger partial charge in [-0.1, -0.05) is 188 Å². The summed E-state index contributed by atoms with van der Waals surface area (Å²) in [6.45, 7) is 0. The monoisotopic (exact) mass is 699 g/mol. The fourth-order valence-electron chi connectivity index (χ4n) is 8.21. The Hall–Kier alpha value is -7.22. The standard InChI is InChI=1S/C54H37N/c1-2-12-40(13-3-1)52-24-10-18-44-19-11-25-53(54(44)52)43-30-36-47(37-31-43)55(45-32-26-41(27-33-45)50-22-8-16-38-14-4-6-20-48(38)50)46-34-28-42(29-35-46)51-23-9-17-39-15-5-7-21-49(39)51/h1-37H. The van der Waals surface area contributed by atoms with Gasteiger partial charge in [0.25, 0.3) is 0 Å². The fourth-order valence-corrected chi connectivity index (χ4v) is 8.21. The maximum Gasteiger partial charge on any atom is 0.0462 e. The van der Waals surface area contributed by atoms with E-state index in [0.717, 1.165) is 17.1 Å². The third-order valence-corrected chi connectivity index (χ3v) is 10.9. The molecule has 0 unspecified atom stereocenters. The second-order valence-corrected chi connectivity index (χ2v) is 14.1. The SMILES string of the molecule is c1ccc(-c2cccc3cccc(-c4ccc(N(c5ccc(-c6cccc7ccccc67)cc5)c5ccc(-c6cccc7ccccc67)cc5)cc4)c23)cc1. The van der Waals surface area contributed by atoms with E-state index in [1.165, 1.54) is 76.8 Å². The summed E-state index contributed by atoms with van der Waals surface area (Å²) >= 11 is 0. The molecule has 55 heavy (non-hydrogen) atoms. The smallest absolute Gasteiger partial charge is 0.0462 e. The lowest BCUT2D eigenvalue weighted by Crippen LogP contribution is -2.09. The molecular weight excluding hydrogens is 663 g/mol. The van der Waals surface area contributed by atoms with Crippen molar-refractivity contribution in [3.8, 4) is 44.5 Å². The summed E-state index contributed by atoms with van der Waals surface area (Å²) in [4.78, 5) is 2.36. The maximum atomic E-state index is 2.36. The zero-order valence-electron chi connectivity index (χ0n) is 30.3. The highest BCUT2D eigenvalue weighted by Gasteiger charge is 2.16. The van der Waals surface area contributed by atoms with E-state index in [9.17, 15) is 0 Å². The van der Waals surface area contributed by atoms with Gasteiger partial charge < -0.3 is 4.90 Å². The molecule has 1 nitrogen and oxygen atoms in total. The van der Waals surface area contributed by atoms with Gasteiger partial charge in [0, 0.05) is 17.1 Å². The van der Waals surface area contributed by atoms with Gasteiger partial charge >= 0.3 is 0 Å². The molecule has 10 aromatic carbocycles. The third kappa shape index (κ3) is 6.02. The largest absolute Gasteiger partial charge is 0.311 e. The van der Waals surface area contributed by atoms with Crippen LogP contribution in [-0.4, -0.2) is 0 Å². The van der Waals surface area contributed by atoms with Crippen molar-refractivity contribution in [1.29, 1.82) is 0 Å². The van der Waals surface area contributed by atoms with E-state index in [0.29, 0.717) is 0 Å². The molecule has 0 aliphatic carbocycles. The Balaban J connectivity index is 1.07. The first-order chi connectivity index (χ1) is 27.3. The number of rotatable bonds is 7. The molecule has 10 aromatic rings. The third-order valence-electron chi connectivity index (χ3n) is 10.9. The Morgan fingerprint density at radius 3 is 1.00 bits per heavy atom. The number of hydrogen-bond donors (Lipinski definition) is 0. The van der Waals surface area contributed by atoms with Gasteiger partial charge in [-0.05, 0) is 113 Å². The maximum absolute atomic E-state index is 2.36. The highest BCUT2D eigenvalue weighted by atomic mass is 15.1. The summed E-state index contributed by atoms with van der Waals surface area (Å²) in [5, 5.41) is 7.53. The molecule has 0 saturated carbocycles. The van der Waals surface area contributed by atoms with Crippen molar-refractivity contribution < 1.29 is 0 Å². The molecule has 0 bridgehead atoms. The van der Waals surface area contributed by atoms with Crippen LogP contribution in [-0.2, 0) is 0 Å². The van der Waals surface area contributed by atoms with Gasteiger partial charge in [-0.25, -0.2) is 0 Å². The second-order valence-electron chi connectivity index (χ2n) is 14.1. The van der Waals surface area contributed by atoms with E-state index >= 15 is 0 Å². The first kappa shape index (κ1) is 32.4. The van der Waals surface area contributed by atoms with E-state index in [-0.39, 0.29) is 0 Å². The lowest BCUT2D eigenvalue weighted by atomic mass is 9.91. The van der Waals surface area contributed by atoms with E-state index in [1.54, 1.807) is 0 Å². The molecule has 0 radical (unpaired) electrons. The van der Waals surface area contributed by atoms with Gasteiger partial charge in [-0.15, -0.1) is 0 Å². The molecule has 1 heteroatoms. The van der Waals surface area contributed by atoms with Crippen molar-refractivity contribution in [3.05, 3.63) is 224 Å². The molecule has 0 spiro atoms. The van der Waals surface area contributed by atoms with E-state index in [2.05, 4.69) is 229 Å².